The van der Waals surface area contributed by atoms with Crippen molar-refractivity contribution < 1.29 is 14.6 Å². The van der Waals surface area contributed by atoms with Crippen molar-refractivity contribution in [2.75, 3.05) is 6.54 Å². The van der Waals surface area contributed by atoms with Gasteiger partial charge in [-0.15, -0.1) is 0 Å². The lowest BCUT2D eigenvalue weighted by molar-refractivity contribution is -0.169. The fraction of sp³-hybridized carbons (Fsp3) is 0.296. The Bertz CT molecular complexity index is 983. The Morgan fingerprint density at radius 1 is 0.871 bits per heavy atom. The first-order valence-corrected chi connectivity index (χ1v) is 11.0. The lowest BCUT2D eigenvalue weighted by Crippen LogP contribution is -2.43. The average molecular weight is 414 g/mol. The topological polar surface area (TPSA) is 49.8 Å². The predicted octanol–water partition coefficient (Wildman–Crippen LogP) is 4.13. The molecule has 4 nitrogen and oxygen atoms in total. The molecule has 3 unspecified atom stereocenters. The molecule has 3 atom stereocenters. The van der Waals surface area contributed by atoms with Gasteiger partial charge in [0.05, 0.1) is 0 Å². The third-order valence-corrected chi connectivity index (χ3v) is 6.77. The van der Waals surface area contributed by atoms with Gasteiger partial charge in [0.25, 0.3) is 0 Å². The van der Waals surface area contributed by atoms with Gasteiger partial charge in [-0.3, -0.25) is 4.90 Å². The summed E-state index contributed by atoms with van der Waals surface area (Å²) >= 11 is 0. The van der Waals surface area contributed by atoms with Gasteiger partial charge in [-0.05, 0) is 29.5 Å². The fourth-order valence-corrected chi connectivity index (χ4v) is 5.19. The van der Waals surface area contributed by atoms with Gasteiger partial charge in [-0.2, -0.15) is 0 Å². The molecular formula is C27H27NO3. The third kappa shape index (κ3) is 3.67. The number of hydrogen-bond acceptors (Lipinski definition) is 4. The number of aliphatic hydroxyl groups is 1. The Morgan fingerprint density at radius 3 is 2.00 bits per heavy atom. The summed E-state index contributed by atoms with van der Waals surface area (Å²) in [5.41, 5.74) is 0.495. The molecule has 1 aliphatic carbocycles. The van der Waals surface area contributed by atoms with Gasteiger partial charge in [-0.25, -0.2) is 4.79 Å². The van der Waals surface area contributed by atoms with E-state index in [-0.39, 0.29) is 12.1 Å². The molecule has 31 heavy (non-hydrogen) atoms. The van der Waals surface area contributed by atoms with Crippen LogP contribution in [0.4, 0.5) is 0 Å². The Kier molecular flexibility index (Phi) is 5.34. The zero-order valence-corrected chi connectivity index (χ0v) is 17.4. The lowest BCUT2D eigenvalue weighted by Gasteiger charge is -2.30. The van der Waals surface area contributed by atoms with Gasteiger partial charge >= 0.3 is 5.97 Å². The highest BCUT2D eigenvalue weighted by Crippen LogP contribution is 2.42. The quantitative estimate of drug-likeness (QED) is 0.618. The molecule has 1 N–H and O–H groups in total. The standard InChI is InChI=1S/C27H27NO3/c29-26(27(30,22-12-6-2-7-13-22)23-14-8-3-9-15-23)31-25-21-16-17-24(25)28(19-21)18-20-10-4-1-5-11-20/h1-15,21,24-25,30H,16-19H2. The molecule has 0 radical (unpaired) electrons. The second-order valence-electron chi connectivity index (χ2n) is 8.63. The number of fused-ring (bicyclic) bond motifs is 2. The number of piperidine rings is 1. The molecule has 1 heterocycles. The smallest absolute Gasteiger partial charge is 0.348 e. The van der Waals surface area contributed by atoms with Crippen LogP contribution in [0.2, 0.25) is 0 Å². The normalized spacial score (nSPS) is 23.1. The van der Waals surface area contributed by atoms with E-state index in [1.54, 1.807) is 24.3 Å². The van der Waals surface area contributed by atoms with Crippen LogP contribution >= 0.6 is 0 Å². The van der Waals surface area contributed by atoms with Crippen molar-refractivity contribution in [3.8, 4) is 0 Å². The van der Waals surface area contributed by atoms with Crippen LogP contribution in [0.3, 0.4) is 0 Å². The van der Waals surface area contributed by atoms with E-state index in [9.17, 15) is 9.90 Å². The fourth-order valence-electron chi connectivity index (χ4n) is 5.19. The van der Waals surface area contributed by atoms with Crippen LogP contribution in [-0.4, -0.2) is 34.7 Å². The number of hydrogen-bond donors (Lipinski definition) is 1. The van der Waals surface area contributed by atoms with Crippen LogP contribution < -0.4 is 0 Å². The number of ether oxygens (including phenoxy) is 1. The Morgan fingerprint density at radius 2 is 1.42 bits per heavy atom. The molecule has 158 valence electrons. The Balaban J connectivity index is 1.39. The van der Waals surface area contributed by atoms with Crippen LogP contribution in [0.25, 0.3) is 0 Å². The zero-order chi connectivity index (χ0) is 21.3. The molecule has 0 spiro atoms. The van der Waals surface area contributed by atoms with E-state index in [2.05, 4.69) is 29.2 Å². The van der Waals surface area contributed by atoms with Crippen molar-refractivity contribution >= 4 is 5.97 Å². The number of carbonyl (C=O) groups excluding carboxylic acids is 1. The Hall–Kier alpha value is -2.95. The summed E-state index contributed by atoms with van der Waals surface area (Å²) in [5.74, 6) is -0.276. The largest absolute Gasteiger partial charge is 0.458 e. The number of rotatable bonds is 6. The maximum Gasteiger partial charge on any atom is 0.348 e. The van der Waals surface area contributed by atoms with E-state index in [0.717, 1.165) is 25.9 Å². The molecule has 1 saturated heterocycles. The number of benzene rings is 3. The molecule has 3 aromatic rings. The molecule has 2 aliphatic rings. The molecule has 3 aromatic carbocycles. The van der Waals surface area contributed by atoms with E-state index < -0.39 is 11.6 Å². The van der Waals surface area contributed by atoms with Crippen molar-refractivity contribution in [1.29, 1.82) is 0 Å². The summed E-state index contributed by atoms with van der Waals surface area (Å²) in [6.45, 7) is 1.78. The van der Waals surface area contributed by atoms with Gasteiger partial charge in [0.15, 0.2) is 0 Å². The minimum atomic E-state index is -1.82. The van der Waals surface area contributed by atoms with Crippen LogP contribution in [0, 0.1) is 5.92 Å². The first kappa shape index (κ1) is 20.0. The number of likely N-dealkylation sites (tertiary alicyclic amines) is 1. The van der Waals surface area contributed by atoms with Gasteiger partial charge in [-0.1, -0.05) is 91.0 Å². The second kappa shape index (κ2) is 8.29. The molecule has 2 fully saturated rings. The molecule has 1 saturated carbocycles. The van der Waals surface area contributed by atoms with Crippen LogP contribution in [0.5, 0.6) is 0 Å². The van der Waals surface area contributed by atoms with E-state index in [1.165, 1.54) is 5.56 Å². The zero-order valence-electron chi connectivity index (χ0n) is 17.4. The summed E-state index contributed by atoms with van der Waals surface area (Å²) in [6, 6.07) is 28.8. The van der Waals surface area contributed by atoms with Crippen molar-refractivity contribution in [2.45, 2.75) is 37.1 Å². The van der Waals surface area contributed by atoms with Crippen molar-refractivity contribution in [2.24, 2.45) is 5.92 Å². The minimum Gasteiger partial charge on any atom is -0.458 e. The van der Waals surface area contributed by atoms with E-state index >= 15 is 0 Å². The molecule has 0 amide bonds. The lowest BCUT2D eigenvalue weighted by atomic mass is 9.86. The third-order valence-electron chi connectivity index (χ3n) is 6.77. The molecule has 4 heteroatoms. The molecular weight excluding hydrogens is 386 g/mol. The highest BCUT2D eigenvalue weighted by atomic mass is 16.6. The van der Waals surface area contributed by atoms with Gasteiger partial charge in [0, 0.05) is 25.0 Å². The molecule has 2 bridgehead atoms. The molecule has 5 rings (SSSR count). The monoisotopic (exact) mass is 413 g/mol. The SMILES string of the molecule is O=C(OC1C2CCC1N(Cc1ccccc1)C2)C(O)(c1ccccc1)c1ccccc1. The summed E-state index contributed by atoms with van der Waals surface area (Å²) in [5, 5.41) is 11.7. The number of carbonyl (C=O) groups is 1. The maximum atomic E-state index is 13.5. The van der Waals surface area contributed by atoms with Gasteiger partial charge in [0.2, 0.25) is 5.60 Å². The van der Waals surface area contributed by atoms with Crippen LogP contribution in [0.1, 0.15) is 29.5 Å². The van der Waals surface area contributed by atoms with Crippen molar-refractivity contribution in [1.82, 2.24) is 4.90 Å². The van der Waals surface area contributed by atoms with E-state index in [4.69, 9.17) is 4.74 Å². The van der Waals surface area contributed by atoms with Crippen molar-refractivity contribution in [3.05, 3.63) is 108 Å². The number of nitrogens with zero attached hydrogens (tertiary/aromatic N) is 1. The van der Waals surface area contributed by atoms with Crippen LogP contribution in [0.15, 0.2) is 91.0 Å². The molecule has 1 aliphatic heterocycles. The van der Waals surface area contributed by atoms with Gasteiger partial charge < -0.3 is 9.84 Å². The minimum absolute atomic E-state index is 0.185. The van der Waals surface area contributed by atoms with Crippen LogP contribution in [-0.2, 0) is 21.7 Å². The Labute approximate surface area is 183 Å². The summed E-state index contributed by atoms with van der Waals surface area (Å²) in [6.07, 6.45) is 1.89. The van der Waals surface area contributed by atoms with E-state index in [1.807, 2.05) is 42.5 Å². The summed E-state index contributed by atoms with van der Waals surface area (Å²) < 4.78 is 6.11. The van der Waals surface area contributed by atoms with Crippen molar-refractivity contribution in [3.63, 3.8) is 0 Å². The second-order valence-corrected chi connectivity index (χ2v) is 8.63. The summed E-state index contributed by atoms with van der Waals surface area (Å²) in [7, 11) is 0. The summed E-state index contributed by atoms with van der Waals surface area (Å²) in [4.78, 5) is 15.9. The first-order valence-electron chi connectivity index (χ1n) is 11.0. The van der Waals surface area contributed by atoms with E-state index in [0.29, 0.717) is 17.0 Å². The average Bonchev–Trinajstić information content (AvgIpc) is 3.36. The number of esters is 1. The molecule has 0 aromatic heterocycles. The highest BCUT2D eigenvalue weighted by molar-refractivity contribution is 5.85. The predicted molar refractivity (Wildman–Crippen MR) is 119 cm³/mol. The highest BCUT2D eigenvalue weighted by Gasteiger charge is 2.51. The first-order chi connectivity index (χ1) is 15.2. The maximum absolute atomic E-state index is 13.5. The van der Waals surface area contributed by atoms with Gasteiger partial charge in [0.1, 0.15) is 6.10 Å².